The molecule has 37 heavy (non-hydrogen) atoms. The van der Waals surface area contributed by atoms with Crippen LogP contribution in [-0.4, -0.2) is 47.0 Å². The van der Waals surface area contributed by atoms with Gasteiger partial charge in [0.2, 0.25) is 0 Å². The van der Waals surface area contributed by atoms with E-state index >= 15 is 0 Å². The number of carboxylic acids is 1. The summed E-state index contributed by atoms with van der Waals surface area (Å²) in [6.07, 6.45) is -1.48. The molecular formula is C25H23F4NO5S2. The highest BCUT2D eigenvalue weighted by molar-refractivity contribution is 8.26. The number of carboxylic acid groups (broad SMARTS) is 1. The van der Waals surface area contributed by atoms with Gasteiger partial charge in [0.1, 0.15) is 21.6 Å². The number of hydrogen-bond acceptors (Lipinski definition) is 6. The Balaban J connectivity index is 1.95. The molecule has 0 saturated carbocycles. The van der Waals surface area contributed by atoms with E-state index in [1.54, 1.807) is 0 Å². The van der Waals surface area contributed by atoms with Gasteiger partial charge >= 0.3 is 12.1 Å². The van der Waals surface area contributed by atoms with Crippen molar-refractivity contribution < 1.29 is 41.7 Å². The van der Waals surface area contributed by atoms with Crippen LogP contribution in [0.5, 0.6) is 11.5 Å². The number of hydrogen-bond donors (Lipinski definition) is 1. The molecule has 0 aromatic heterocycles. The monoisotopic (exact) mass is 557 g/mol. The Hall–Kier alpha value is -3.12. The van der Waals surface area contributed by atoms with E-state index in [0.717, 1.165) is 17.8 Å². The number of thiocarbonyl (C=S) groups is 1. The summed E-state index contributed by atoms with van der Waals surface area (Å²) in [7, 11) is 2.67. The smallest absolute Gasteiger partial charge is 0.416 e. The number of nitrogens with zero attached hydrogens (tertiary/aromatic N) is 1. The second-order valence-corrected chi connectivity index (χ2v) is 9.70. The Labute approximate surface area is 220 Å². The van der Waals surface area contributed by atoms with Crippen molar-refractivity contribution in [2.24, 2.45) is 0 Å². The largest absolute Gasteiger partial charge is 0.496 e. The molecule has 0 radical (unpaired) electrons. The van der Waals surface area contributed by atoms with Crippen LogP contribution in [0.3, 0.4) is 0 Å². The summed E-state index contributed by atoms with van der Waals surface area (Å²) in [6, 6.07) is 4.90. The van der Waals surface area contributed by atoms with Crippen LogP contribution >= 0.6 is 24.0 Å². The molecule has 12 heteroatoms. The van der Waals surface area contributed by atoms with Crippen molar-refractivity contribution in [3.05, 3.63) is 52.2 Å². The van der Waals surface area contributed by atoms with Crippen molar-refractivity contribution in [1.29, 1.82) is 0 Å². The third-order valence-corrected chi connectivity index (χ3v) is 6.95. The molecule has 2 aromatic carbocycles. The van der Waals surface area contributed by atoms with Gasteiger partial charge in [-0.15, -0.1) is 0 Å². The molecule has 1 saturated heterocycles. The quantitative estimate of drug-likeness (QED) is 0.157. The van der Waals surface area contributed by atoms with Crippen LogP contribution in [-0.2, 0) is 15.8 Å². The molecule has 1 fully saturated rings. The first-order valence-electron chi connectivity index (χ1n) is 11.1. The minimum atomic E-state index is -4.67. The molecule has 0 bridgehead atoms. The zero-order valence-corrected chi connectivity index (χ0v) is 21.5. The summed E-state index contributed by atoms with van der Waals surface area (Å²) in [4.78, 5) is 25.3. The second-order valence-electron chi connectivity index (χ2n) is 8.02. The Kier molecular flexibility index (Phi) is 9.19. The fraction of sp³-hybridized carbons (Fsp3) is 0.320. The highest BCUT2D eigenvalue weighted by Crippen LogP contribution is 2.42. The average Bonchev–Trinajstić information content (AvgIpc) is 3.10. The minimum Gasteiger partial charge on any atom is -0.496 e. The molecule has 1 N–H and O–H groups in total. The lowest BCUT2D eigenvalue weighted by molar-refractivity contribution is -0.138. The summed E-state index contributed by atoms with van der Waals surface area (Å²) >= 11 is 6.38. The number of thioether (sulfide) groups is 1. The number of ether oxygens (including phenoxy) is 2. The van der Waals surface area contributed by atoms with Gasteiger partial charge < -0.3 is 14.6 Å². The maximum absolute atomic E-state index is 14.7. The molecule has 1 amide bonds. The van der Waals surface area contributed by atoms with Crippen LogP contribution in [0.15, 0.2) is 35.2 Å². The zero-order valence-electron chi connectivity index (χ0n) is 19.9. The van der Waals surface area contributed by atoms with Gasteiger partial charge in [-0.2, -0.15) is 13.2 Å². The van der Waals surface area contributed by atoms with E-state index in [1.165, 1.54) is 37.3 Å². The van der Waals surface area contributed by atoms with E-state index < -0.39 is 23.5 Å². The van der Waals surface area contributed by atoms with Gasteiger partial charge in [0.25, 0.3) is 5.91 Å². The summed E-state index contributed by atoms with van der Waals surface area (Å²) in [6.45, 7) is 0.321. The maximum atomic E-state index is 14.7. The van der Waals surface area contributed by atoms with E-state index in [-0.39, 0.29) is 39.9 Å². The number of benzene rings is 2. The maximum Gasteiger partial charge on any atom is 0.416 e. The fourth-order valence-corrected chi connectivity index (χ4v) is 5.01. The zero-order chi connectivity index (χ0) is 27.3. The van der Waals surface area contributed by atoms with Crippen LogP contribution in [0, 0.1) is 5.82 Å². The van der Waals surface area contributed by atoms with Crippen LogP contribution in [0.1, 0.15) is 36.8 Å². The first-order valence-corrected chi connectivity index (χ1v) is 12.3. The number of methoxy groups -OCH3 is 2. The molecule has 3 rings (SSSR count). The third kappa shape index (κ3) is 6.80. The van der Waals surface area contributed by atoms with Gasteiger partial charge in [-0.3, -0.25) is 14.5 Å². The lowest BCUT2D eigenvalue weighted by Gasteiger charge is -2.16. The van der Waals surface area contributed by atoms with E-state index in [1.807, 2.05) is 0 Å². The van der Waals surface area contributed by atoms with E-state index in [0.29, 0.717) is 47.8 Å². The first kappa shape index (κ1) is 28.5. The highest BCUT2D eigenvalue weighted by atomic mass is 32.2. The van der Waals surface area contributed by atoms with E-state index in [2.05, 4.69) is 0 Å². The van der Waals surface area contributed by atoms with Crippen molar-refractivity contribution >= 4 is 46.3 Å². The number of aliphatic carboxylic acids is 1. The molecule has 1 aliphatic rings. The van der Waals surface area contributed by atoms with Gasteiger partial charge in [-0.1, -0.05) is 30.4 Å². The van der Waals surface area contributed by atoms with E-state index in [9.17, 15) is 27.2 Å². The molecule has 0 unspecified atom stereocenters. The van der Waals surface area contributed by atoms with Crippen LogP contribution in [0.2, 0.25) is 0 Å². The molecule has 6 nitrogen and oxygen atoms in total. The molecular weight excluding hydrogens is 534 g/mol. The second kappa shape index (κ2) is 12.0. The van der Waals surface area contributed by atoms with Gasteiger partial charge in [-0.25, -0.2) is 4.39 Å². The molecule has 1 aliphatic heterocycles. The standard InChI is InChI=1S/C25H23F4NO5S2/c1-34-19-13-20(35-2)17(16-12-15(25(27,28)29)7-8-18(16)26)10-14(19)11-21-23(33)30(24(36)37-21)9-5-3-4-6-22(31)32/h7-8,10-13H,3-6,9H2,1-2H3,(H,31,32). The SMILES string of the molecule is COc1cc(OC)c(-c2cc(C(F)(F)F)ccc2F)cc1C=C1SC(=S)N(CCCCCC(=O)O)C1=O. The Morgan fingerprint density at radius 1 is 1.08 bits per heavy atom. The molecule has 198 valence electrons. The number of carbonyl (C=O) groups is 2. The number of unbranched alkanes of at least 4 members (excludes halogenated alkanes) is 2. The highest BCUT2D eigenvalue weighted by Gasteiger charge is 2.33. The third-order valence-electron chi connectivity index (χ3n) is 5.57. The summed E-state index contributed by atoms with van der Waals surface area (Å²) in [5, 5.41) is 8.73. The van der Waals surface area contributed by atoms with Crippen molar-refractivity contribution in [2.75, 3.05) is 20.8 Å². The molecule has 0 aliphatic carbocycles. The number of rotatable bonds is 10. The normalized spacial score (nSPS) is 15.0. The number of carbonyl (C=O) groups excluding carboxylic acids is 1. The predicted octanol–water partition coefficient (Wildman–Crippen LogP) is 6.37. The first-order chi connectivity index (χ1) is 17.5. The van der Waals surface area contributed by atoms with Crippen molar-refractivity contribution in [2.45, 2.75) is 31.9 Å². The Morgan fingerprint density at radius 3 is 2.41 bits per heavy atom. The van der Waals surface area contributed by atoms with Gasteiger partial charge in [0, 0.05) is 35.7 Å². The van der Waals surface area contributed by atoms with Gasteiger partial charge in [0.15, 0.2) is 0 Å². The summed E-state index contributed by atoms with van der Waals surface area (Å²) in [5.41, 5.74) is -0.977. The lowest BCUT2D eigenvalue weighted by atomic mass is 9.98. The topological polar surface area (TPSA) is 76.1 Å². The van der Waals surface area contributed by atoms with Crippen molar-refractivity contribution in [3.8, 4) is 22.6 Å². The number of alkyl halides is 3. The van der Waals surface area contributed by atoms with Crippen LogP contribution in [0.25, 0.3) is 17.2 Å². The Morgan fingerprint density at radius 2 is 1.78 bits per heavy atom. The minimum absolute atomic E-state index is 0.0460. The van der Waals surface area contributed by atoms with Crippen molar-refractivity contribution in [1.82, 2.24) is 4.90 Å². The average molecular weight is 558 g/mol. The number of amides is 1. The summed E-state index contributed by atoms with van der Waals surface area (Å²) < 4.78 is 65.5. The van der Waals surface area contributed by atoms with Crippen LogP contribution in [0.4, 0.5) is 17.6 Å². The lowest BCUT2D eigenvalue weighted by Crippen LogP contribution is -2.29. The molecule has 0 atom stereocenters. The van der Waals surface area contributed by atoms with Gasteiger partial charge in [0.05, 0.1) is 24.7 Å². The van der Waals surface area contributed by atoms with Crippen molar-refractivity contribution in [3.63, 3.8) is 0 Å². The van der Waals surface area contributed by atoms with E-state index in [4.69, 9.17) is 26.8 Å². The molecule has 0 spiro atoms. The van der Waals surface area contributed by atoms with Gasteiger partial charge in [-0.05, 0) is 43.2 Å². The number of halogens is 4. The fourth-order valence-electron chi connectivity index (χ4n) is 3.71. The predicted molar refractivity (Wildman–Crippen MR) is 136 cm³/mol. The molecule has 1 heterocycles. The Bertz CT molecular complexity index is 1250. The summed E-state index contributed by atoms with van der Waals surface area (Å²) in [5.74, 6) is -1.78. The molecule has 2 aromatic rings. The van der Waals surface area contributed by atoms with Crippen LogP contribution < -0.4 is 9.47 Å².